The Labute approximate surface area is 318 Å². The van der Waals surface area contributed by atoms with Gasteiger partial charge in [0.1, 0.15) is 23.6 Å². The normalized spacial score (nSPS) is 23.0. The standard InChI is InChI=1S/C40H57ClN4O8/c1-7-12-28(35(48)31(46)17-25-15-16-25)42-37(49)30-22-40(21-29(44-53-40)26-19-27(41)33(52-6)20-32(26)51-5)23-45(30)38(50)36(39(2,3)4)43-34(47)18-24-13-10-8-9-11-14-24/h19-20,24-25,28,30,36H,7-18,21-23H2,1-6H3,(H,42,49)(H,43,47)/t28-,30-,36+,40+/m0/s1. The van der Waals surface area contributed by atoms with Crippen molar-refractivity contribution < 1.29 is 38.3 Å². The molecule has 2 saturated carbocycles. The first-order valence-corrected chi connectivity index (χ1v) is 19.7. The number of amides is 3. The zero-order chi connectivity index (χ0) is 38.5. The lowest BCUT2D eigenvalue weighted by Crippen LogP contribution is -2.59. The Balaban J connectivity index is 1.41. The van der Waals surface area contributed by atoms with E-state index in [0.29, 0.717) is 40.6 Å². The molecule has 2 aliphatic carbocycles. The average molecular weight is 757 g/mol. The van der Waals surface area contributed by atoms with Crippen molar-refractivity contribution in [2.45, 2.75) is 141 Å². The third-order valence-electron chi connectivity index (χ3n) is 11.1. The van der Waals surface area contributed by atoms with Gasteiger partial charge in [-0.1, -0.05) is 76.6 Å². The van der Waals surface area contributed by atoms with Gasteiger partial charge < -0.3 is 29.8 Å². The predicted octanol–water partition coefficient (Wildman–Crippen LogP) is 5.94. The van der Waals surface area contributed by atoms with Crippen LogP contribution in [-0.4, -0.2) is 84.4 Å². The molecule has 292 valence electrons. The van der Waals surface area contributed by atoms with Crippen LogP contribution in [0.15, 0.2) is 17.3 Å². The second-order valence-electron chi connectivity index (χ2n) is 16.6. The number of ether oxygens (including phenoxy) is 2. The zero-order valence-electron chi connectivity index (χ0n) is 32.2. The maximum atomic E-state index is 14.7. The summed E-state index contributed by atoms with van der Waals surface area (Å²) in [4.78, 5) is 76.4. The summed E-state index contributed by atoms with van der Waals surface area (Å²) in [7, 11) is 3.03. The van der Waals surface area contributed by atoms with E-state index in [0.717, 1.165) is 38.5 Å². The second-order valence-corrected chi connectivity index (χ2v) is 17.0. The average Bonchev–Trinajstić information content (AvgIpc) is 3.80. The molecule has 13 heteroatoms. The number of hydrogen-bond donors (Lipinski definition) is 2. The molecule has 1 aromatic rings. The van der Waals surface area contributed by atoms with Crippen LogP contribution in [0.3, 0.4) is 0 Å². The quantitative estimate of drug-likeness (QED) is 0.165. The third kappa shape index (κ3) is 9.91. The molecule has 1 aromatic carbocycles. The monoisotopic (exact) mass is 756 g/mol. The largest absolute Gasteiger partial charge is 0.496 e. The molecule has 4 aliphatic rings. The summed E-state index contributed by atoms with van der Waals surface area (Å²) >= 11 is 6.49. The summed E-state index contributed by atoms with van der Waals surface area (Å²) in [6, 6.07) is 0.329. The highest BCUT2D eigenvalue weighted by atomic mass is 35.5. The van der Waals surface area contributed by atoms with E-state index < -0.39 is 52.5 Å². The lowest BCUT2D eigenvalue weighted by molar-refractivity contribution is -0.145. The third-order valence-corrected chi connectivity index (χ3v) is 11.4. The van der Waals surface area contributed by atoms with Crippen LogP contribution in [0.5, 0.6) is 11.5 Å². The molecule has 2 aliphatic heterocycles. The minimum absolute atomic E-state index is 0.00119. The molecule has 1 spiro atoms. The van der Waals surface area contributed by atoms with Gasteiger partial charge in [0.25, 0.3) is 0 Å². The van der Waals surface area contributed by atoms with Gasteiger partial charge in [-0.15, -0.1) is 0 Å². The summed E-state index contributed by atoms with van der Waals surface area (Å²) in [5, 5.41) is 10.7. The second kappa shape index (κ2) is 17.2. The van der Waals surface area contributed by atoms with Crippen molar-refractivity contribution in [3.63, 3.8) is 0 Å². The van der Waals surface area contributed by atoms with E-state index in [-0.39, 0.29) is 50.0 Å². The number of nitrogens with zero attached hydrogens (tertiary/aromatic N) is 2. The molecule has 4 atom stereocenters. The molecule has 0 unspecified atom stereocenters. The van der Waals surface area contributed by atoms with Crippen molar-refractivity contribution in [1.29, 1.82) is 0 Å². The number of ketones is 2. The maximum absolute atomic E-state index is 14.7. The van der Waals surface area contributed by atoms with Crippen LogP contribution in [0.1, 0.15) is 123 Å². The highest BCUT2D eigenvalue weighted by Gasteiger charge is 2.56. The lowest BCUT2D eigenvalue weighted by atomic mass is 9.85. The van der Waals surface area contributed by atoms with Gasteiger partial charge in [0.05, 0.1) is 37.5 Å². The van der Waals surface area contributed by atoms with Gasteiger partial charge >= 0.3 is 0 Å². The van der Waals surface area contributed by atoms with Gasteiger partial charge in [-0.2, -0.15) is 0 Å². The molecule has 53 heavy (non-hydrogen) atoms. The Bertz CT molecular complexity index is 1580. The minimum Gasteiger partial charge on any atom is -0.496 e. The summed E-state index contributed by atoms with van der Waals surface area (Å²) in [5.74, 6) is -0.860. The van der Waals surface area contributed by atoms with Crippen molar-refractivity contribution in [2.24, 2.45) is 22.4 Å². The van der Waals surface area contributed by atoms with Crippen LogP contribution < -0.4 is 20.1 Å². The van der Waals surface area contributed by atoms with Crippen molar-refractivity contribution in [3.8, 4) is 11.5 Å². The van der Waals surface area contributed by atoms with E-state index in [1.165, 1.54) is 32.0 Å². The van der Waals surface area contributed by atoms with E-state index in [1.807, 2.05) is 27.7 Å². The first-order chi connectivity index (χ1) is 25.2. The SMILES string of the molecule is CCC[C@H](NC(=O)[C@@H]1C[C@]2(CC(c3cc(Cl)c(OC)cc3OC)=NO2)CN1C(=O)[C@@H](NC(=O)CC1CCCCCC1)C(C)(C)C)C(=O)C(=O)CC1CC1. The number of benzene rings is 1. The number of halogens is 1. The Morgan fingerprint density at radius 2 is 1.62 bits per heavy atom. The van der Waals surface area contributed by atoms with Crippen LogP contribution in [0.4, 0.5) is 0 Å². The number of rotatable bonds is 15. The molecule has 0 bridgehead atoms. The van der Waals surface area contributed by atoms with Gasteiger partial charge in [-0.05, 0) is 55.4 Å². The molecule has 2 N–H and O–H groups in total. The number of carbonyl (C=O) groups is 5. The first kappa shape index (κ1) is 40.5. The summed E-state index contributed by atoms with van der Waals surface area (Å²) < 4.78 is 11.0. The van der Waals surface area contributed by atoms with Crippen molar-refractivity contribution in [1.82, 2.24) is 15.5 Å². The van der Waals surface area contributed by atoms with Gasteiger partial charge in [0, 0.05) is 37.3 Å². The molecule has 5 rings (SSSR count). The van der Waals surface area contributed by atoms with Crippen molar-refractivity contribution in [3.05, 3.63) is 22.7 Å². The maximum Gasteiger partial charge on any atom is 0.246 e. The van der Waals surface area contributed by atoms with Crippen LogP contribution in [0, 0.1) is 17.3 Å². The number of Topliss-reactive ketones (excluding diaryl/α,β-unsaturated/α-hetero) is 2. The summed E-state index contributed by atoms with van der Waals surface area (Å²) in [6.45, 7) is 7.54. The number of carbonyl (C=O) groups excluding carboxylic acids is 5. The molecular weight excluding hydrogens is 700 g/mol. The molecule has 0 radical (unpaired) electrons. The van der Waals surface area contributed by atoms with E-state index >= 15 is 0 Å². The molecule has 3 fully saturated rings. The number of oxime groups is 1. The minimum atomic E-state index is -1.09. The van der Waals surface area contributed by atoms with Crippen molar-refractivity contribution >= 4 is 46.6 Å². The van der Waals surface area contributed by atoms with Crippen LogP contribution in [0.2, 0.25) is 5.02 Å². The molecule has 12 nitrogen and oxygen atoms in total. The first-order valence-electron chi connectivity index (χ1n) is 19.3. The number of hydrogen-bond acceptors (Lipinski definition) is 9. The fourth-order valence-corrected chi connectivity index (χ4v) is 8.17. The summed E-state index contributed by atoms with van der Waals surface area (Å²) in [6.07, 6.45) is 10.0. The Hall–Kier alpha value is -3.67. The Kier molecular flexibility index (Phi) is 13.2. The van der Waals surface area contributed by atoms with E-state index in [1.54, 1.807) is 12.1 Å². The number of likely N-dealkylation sites (tertiary alicyclic amines) is 1. The fraction of sp³-hybridized carbons (Fsp3) is 0.700. The van der Waals surface area contributed by atoms with Gasteiger partial charge in [0.2, 0.25) is 29.3 Å². The van der Waals surface area contributed by atoms with E-state index in [2.05, 4.69) is 15.8 Å². The zero-order valence-corrected chi connectivity index (χ0v) is 32.9. The van der Waals surface area contributed by atoms with Crippen LogP contribution in [-0.2, 0) is 28.8 Å². The highest BCUT2D eigenvalue weighted by molar-refractivity contribution is 6.39. The van der Waals surface area contributed by atoms with Crippen LogP contribution >= 0.6 is 11.6 Å². The van der Waals surface area contributed by atoms with E-state index in [9.17, 15) is 24.0 Å². The smallest absolute Gasteiger partial charge is 0.246 e. The lowest BCUT2D eigenvalue weighted by Gasteiger charge is -2.36. The number of methoxy groups -OCH3 is 2. The Morgan fingerprint density at radius 1 is 0.962 bits per heavy atom. The van der Waals surface area contributed by atoms with E-state index in [4.69, 9.17) is 25.9 Å². The highest BCUT2D eigenvalue weighted by Crippen LogP contribution is 2.43. The molecular formula is C40H57ClN4O8. The number of nitrogens with one attached hydrogen (secondary N) is 2. The topological polar surface area (TPSA) is 153 Å². The van der Waals surface area contributed by atoms with Gasteiger partial charge in [-0.3, -0.25) is 24.0 Å². The molecule has 2 heterocycles. The summed E-state index contributed by atoms with van der Waals surface area (Å²) in [5.41, 5.74) is -0.687. The molecule has 3 amide bonds. The van der Waals surface area contributed by atoms with Gasteiger partial charge in [-0.25, -0.2) is 0 Å². The predicted molar refractivity (Wildman–Crippen MR) is 201 cm³/mol. The fourth-order valence-electron chi connectivity index (χ4n) is 7.93. The molecule has 0 aromatic heterocycles. The molecule has 1 saturated heterocycles. The van der Waals surface area contributed by atoms with Crippen molar-refractivity contribution in [2.75, 3.05) is 20.8 Å². The Morgan fingerprint density at radius 3 is 2.23 bits per heavy atom. The van der Waals surface area contributed by atoms with Gasteiger partial charge in [0.15, 0.2) is 5.60 Å². The van der Waals surface area contributed by atoms with Crippen LogP contribution in [0.25, 0.3) is 0 Å².